The first kappa shape index (κ1) is 7.89. The van der Waals surface area contributed by atoms with Gasteiger partial charge in [-0.2, -0.15) is 9.82 Å². The van der Waals surface area contributed by atoms with Crippen LogP contribution in [0.2, 0.25) is 0 Å². The molecule has 50 valence electrons. The van der Waals surface area contributed by atoms with Crippen molar-refractivity contribution >= 4 is 9.82 Å². The van der Waals surface area contributed by atoms with E-state index in [2.05, 4.69) is 0 Å². The Morgan fingerprint density at radius 1 is 1.38 bits per heavy atom. The van der Waals surface area contributed by atoms with Crippen molar-refractivity contribution in [2.24, 2.45) is 0 Å². The van der Waals surface area contributed by atoms with Gasteiger partial charge in [-0.15, -0.1) is 0 Å². The summed E-state index contributed by atoms with van der Waals surface area (Å²) < 4.78 is 7.50. The van der Waals surface area contributed by atoms with Crippen molar-refractivity contribution in [3.05, 3.63) is 11.0 Å². The monoisotopic (exact) mass is 133 g/mol. The predicted molar refractivity (Wildman–Crippen MR) is 42.8 cm³/mol. The van der Waals surface area contributed by atoms with Crippen LogP contribution in [0.5, 0.6) is 0 Å². The van der Waals surface area contributed by atoms with E-state index < -0.39 is 9.82 Å². The fourth-order valence-electron chi connectivity index (χ4n) is 0.645. The van der Waals surface area contributed by atoms with Gasteiger partial charge in [0, 0.05) is 0 Å². The van der Waals surface area contributed by atoms with Crippen molar-refractivity contribution in [2.45, 2.75) is 13.8 Å². The first-order chi connectivity index (χ1) is 3.42. The Labute approximate surface area is 52.7 Å². The Kier molecular flexibility index (Phi) is 2.41. The summed E-state index contributed by atoms with van der Waals surface area (Å²) in [5.74, 6) is 0. The van der Waals surface area contributed by atoms with Crippen molar-refractivity contribution in [3.63, 3.8) is 0 Å². The minimum absolute atomic E-state index is 1.26. The molecule has 0 bridgehead atoms. The number of rotatable bonds is 1. The van der Waals surface area contributed by atoms with Crippen LogP contribution in [0.1, 0.15) is 13.8 Å². The Hall–Kier alpha value is -0.110. The largest absolute Gasteiger partial charge is 0.298 e. The third-order valence-corrected chi connectivity index (χ3v) is 1.74. The van der Waals surface area contributed by atoms with Crippen LogP contribution in [0.4, 0.5) is 0 Å². The van der Waals surface area contributed by atoms with E-state index in [1.165, 1.54) is 5.57 Å². The average Bonchev–Trinajstić information content (AvgIpc) is 1.21. The molecule has 0 aromatic rings. The molecule has 0 saturated carbocycles. The molecule has 0 aromatic carbocycles. The molecule has 0 aliphatic heterocycles. The van der Waals surface area contributed by atoms with Gasteiger partial charge in [0.2, 0.25) is 0 Å². The number of thiol groups is 1. The summed E-state index contributed by atoms with van der Waals surface area (Å²) in [5, 5.41) is 2.05. The van der Waals surface area contributed by atoms with Crippen LogP contribution in [-0.2, 0) is 9.82 Å². The molecule has 0 amide bonds. The van der Waals surface area contributed by atoms with Gasteiger partial charge < -0.3 is 0 Å². The molecule has 0 heterocycles. The third-order valence-electron chi connectivity index (χ3n) is 0.581. The van der Waals surface area contributed by atoms with Gasteiger partial charge in [-0.05, 0) is 31.8 Å². The SMILES string of the molecule is CC(C)=C[SH](C)(C)=N. The lowest BCUT2D eigenvalue weighted by Gasteiger charge is -2.08. The lowest BCUT2D eigenvalue weighted by atomic mass is 10.4. The smallest absolute Gasteiger partial charge is 0.0238 e. The van der Waals surface area contributed by atoms with Gasteiger partial charge in [-0.3, -0.25) is 4.78 Å². The highest BCUT2D eigenvalue weighted by atomic mass is 32.2. The zero-order chi connectivity index (χ0) is 6.78. The average molecular weight is 133 g/mol. The fourth-order valence-corrected chi connectivity index (χ4v) is 1.94. The molecule has 0 aliphatic rings. The molecule has 0 aromatic heterocycles. The van der Waals surface area contributed by atoms with Crippen LogP contribution in [0, 0.1) is 4.78 Å². The van der Waals surface area contributed by atoms with Gasteiger partial charge in [-0.25, -0.2) is 0 Å². The maximum atomic E-state index is 7.50. The van der Waals surface area contributed by atoms with E-state index in [4.69, 9.17) is 4.78 Å². The summed E-state index contributed by atoms with van der Waals surface area (Å²) in [5.41, 5.74) is 1.26. The highest BCUT2D eigenvalue weighted by molar-refractivity contribution is 8.05. The van der Waals surface area contributed by atoms with Gasteiger partial charge in [0.05, 0.1) is 0 Å². The Balaban J connectivity index is 4.11. The highest BCUT2D eigenvalue weighted by Gasteiger charge is 1.86. The molecule has 1 nitrogen and oxygen atoms in total. The van der Waals surface area contributed by atoms with E-state index in [9.17, 15) is 0 Å². The molecule has 0 fully saturated rings. The minimum atomic E-state index is -1.38. The topological polar surface area (TPSA) is 23.9 Å². The molecular weight excluding hydrogens is 118 g/mol. The second-order valence-electron chi connectivity index (χ2n) is 2.75. The zero-order valence-electron chi connectivity index (χ0n) is 6.02. The van der Waals surface area contributed by atoms with Crippen LogP contribution < -0.4 is 0 Å². The summed E-state index contributed by atoms with van der Waals surface area (Å²) in [7, 11) is -1.38. The molecule has 0 spiro atoms. The minimum Gasteiger partial charge on any atom is -0.298 e. The summed E-state index contributed by atoms with van der Waals surface area (Å²) in [6, 6.07) is 0. The first-order valence-electron chi connectivity index (χ1n) is 2.66. The van der Waals surface area contributed by atoms with Gasteiger partial charge in [-0.1, -0.05) is 5.57 Å². The molecule has 2 heteroatoms. The first-order valence-corrected chi connectivity index (χ1v) is 5.42. The van der Waals surface area contributed by atoms with Crippen LogP contribution >= 0.6 is 0 Å². The van der Waals surface area contributed by atoms with Gasteiger partial charge in [0.15, 0.2) is 0 Å². The van der Waals surface area contributed by atoms with Gasteiger partial charge >= 0.3 is 0 Å². The normalized spacial score (nSPS) is 13.0. The van der Waals surface area contributed by atoms with Crippen molar-refractivity contribution < 1.29 is 0 Å². The van der Waals surface area contributed by atoms with Crippen LogP contribution in [-0.4, -0.2) is 12.5 Å². The molecule has 1 N–H and O–H groups in total. The van der Waals surface area contributed by atoms with E-state index in [1.807, 2.05) is 31.8 Å². The summed E-state index contributed by atoms with van der Waals surface area (Å²) in [6.07, 6.45) is 3.97. The third kappa shape index (κ3) is 5.89. The van der Waals surface area contributed by atoms with E-state index >= 15 is 0 Å². The van der Waals surface area contributed by atoms with Crippen molar-refractivity contribution in [1.29, 1.82) is 4.78 Å². The molecule has 0 saturated heterocycles. The fraction of sp³-hybridized carbons (Fsp3) is 0.667. The number of hydrogen-bond donors (Lipinski definition) is 2. The Morgan fingerprint density at radius 3 is 1.75 bits per heavy atom. The second kappa shape index (κ2) is 2.44. The Bertz CT molecular complexity index is 137. The Morgan fingerprint density at radius 2 is 1.75 bits per heavy atom. The van der Waals surface area contributed by atoms with Crippen molar-refractivity contribution in [1.82, 2.24) is 0 Å². The van der Waals surface area contributed by atoms with E-state index in [1.54, 1.807) is 0 Å². The highest BCUT2D eigenvalue weighted by Crippen LogP contribution is 2.01. The molecule has 0 rings (SSSR count). The van der Waals surface area contributed by atoms with Gasteiger partial charge in [0.1, 0.15) is 0 Å². The van der Waals surface area contributed by atoms with Crippen molar-refractivity contribution in [2.75, 3.05) is 12.5 Å². The van der Waals surface area contributed by atoms with Crippen LogP contribution in [0.25, 0.3) is 0 Å². The summed E-state index contributed by atoms with van der Waals surface area (Å²) >= 11 is 0. The van der Waals surface area contributed by atoms with Crippen LogP contribution in [0.3, 0.4) is 0 Å². The lowest BCUT2D eigenvalue weighted by Crippen LogP contribution is -1.97. The standard InChI is InChI=1S/C6H15NS/c1-6(2)5-8(3,4)7/h5,7-8H,1-4H3. The molecule has 0 atom stereocenters. The molecule has 0 aliphatic carbocycles. The van der Waals surface area contributed by atoms with Crippen LogP contribution in [0.15, 0.2) is 11.0 Å². The summed E-state index contributed by atoms with van der Waals surface area (Å²) in [6.45, 7) is 4.08. The number of nitrogens with one attached hydrogen (secondary N) is 1. The van der Waals surface area contributed by atoms with E-state index in [-0.39, 0.29) is 0 Å². The predicted octanol–water partition coefficient (Wildman–Crippen LogP) is 1.82. The van der Waals surface area contributed by atoms with E-state index in [0.717, 1.165) is 0 Å². The maximum absolute atomic E-state index is 7.50. The molecule has 0 radical (unpaired) electrons. The lowest BCUT2D eigenvalue weighted by molar-refractivity contribution is 1.41. The van der Waals surface area contributed by atoms with Crippen molar-refractivity contribution in [3.8, 4) is 0 Å². The number of allylic oxidation sites excluding steroid dienone is 1. The van der Waals surface area contributed by atoms with E-state index in [0.29, 0.717) is 0 Å². The molecular formula is C6H15NS. The zero-order valence-corrected chi connectivity index (χ0v) is 6.92. The quantitative estimate of drug-likeness (QED) is 0.510. The maximum Gasteiger partial charge on any atom is -0.0238 e. The second-order valence-corrected chi connectivity index (χ2v) is 6.08. The molecule has 8 heavy (non-hydrogen) atoms. The number of hydrogen-bond acceptors (Lipinski definition) is 1. The summed E-state index contributed by atoms with van der Waals surface area (Å²) in [4.78, 5) is 0. The molecule has 0 unspecified atom stereocenters. The van der Waals surface area contributed by atoms with Gasteiger partial charge in [0.25, 0.3) is 0 Å².